The van der Waals surface area contributed by atoms with E-state index in [0.29, 0.717) is 35.7 Å². The Hall–Kier alpha value is -4.40. The molecule has 0 radical (unpaired) electrons. The van der Waals surface area contributed by atoms with Gasteiger partial charge < -0.3 is 20.1 Å². The maximum Gasteiger partial charge on any atom is 0.337 e. The minimum Gasteiger partial charge on any atom is -0.493 e. The Balaban J connectivity index is 1.69. The molecule has 186 valence electrons. The van der Waals surface area contributed by atoms with Crippen molar-refractivity contribution in [2.24, 2.45) is 5.10 Å². The van der Waals surface area contributed by atoms with Gasteiger partial charge in [0.2, 0.25) is 0 Å². The molecule has 0 saturated carbocycles. The number of methoxy groups -OCH3 is 2. The lowest BCUT2D eigenvalue weighted by atomic mass is 9.93. The normalized spacial score (nSPS) is 14.7. The molecule has 4 rings (SSSR count). The molecule has 1 unspecified atom stereocenters. The van der Waals surface area contributed by atoms with Crippen molar-refractivity contribution >= 4 is 17.6 Å². The second-order valence-electron chi connectivity index (χ2n) is 8.38. The molecule has 9 heteroatoms. The fourth-order valence-corrected chi connectivity index (χ4v) is 4.11. The van der Waals surface area contributed by atoms with Gasteiger partial charge in [-0.3, -0.25) is 9.78 Å². The van der Waals surface area contributed by atoms with Gasteiger partial charge in [0.15, 0.2) is 11.5 Å². The highest BCUT2D eigenvalue weighted by molar-refractivity contribution is 6.15. The van der Waals surface area contributed by atoms with E-state index in [-0.39, 0.29) is 18.0 Å². The molecule has 3 aromatic rings. The van der Waals surface area contributed by atoms with Gasteiger partial charge in [-0.05, 0) is 60.9 Å². The molecule has 1 atom stereocenters. The molecule has 0 bridgehead atoms. The summed E-state index contributed by atoms with van der Waals surface area (Å²) in [5, 5.41) is 11.8. The molecule has 2 heterocycles. The van der Waals surface area contributed by atoms with Crippen LogP contribution in [-0.4, -0.2) is 55.0 Å². The number of benzene rings is 2. The number of aromatic nitrogens is 1. The average Bonchev–Trinajstić information content (AvgIpc) is 3.06. The number of urea groups is 1. The minimum atomic E-state index is -0.307. The molecule has 1 aliphatic rings. The standard InChI is InChI=1S/C27H29N5O4/c1-17-13-21-14-23(35-3)24(36-4)15-22(21)25(31-32(17)27(34)28-2)19-5-7-20(8-6-19)26(33)30-16-18-9-11-29-12-10-18/h5-12,14-15,17H,13,16H2,1-4H3,(H,28,34)(H,30,33). The molecule has 0 saturated heterocycles. The van der Waals surface area contributed by atoms with Crippen molar-refractivity contribution in [1.29, 1.82) is 0 Å². The number of hydrogen-bond donors (Lipinski definition) is 2. The maximum atomic E-state index is 12.7. The number of rotatable bonds is 6. The summed E-state index contributed by atoms with van der Waals surface area (Å²) in [4.78, 5) is 29.3. The molecule has 1 aliphatic heterocycles. The fourth-order valence-electron chi connectivity index (χ4n) is 4.11. The third-order valence-electron chi connectivity index (χ3n) is 6.05. The summed E-state index contributed by atoms with van der Waals surface area (Å²) in [7, 11) is 4.75. The van der Waals surface area contributed by atoms with Gasteiger partial charge in [0.25, 0.3) is 5.91 Å². The van der Waals surface area contributed by atoms with E-state index in [0.717, 1.165) is 22.3 Å². The number of pyridine rings is 1. The second-order valence-corrected chi connectivity index (χ2v) is 8.38. The summed E-state index contributed by atoms with van der Waals surface area (Å²) in [6.45, 7) is 2.35. The van der Waals surface area contributed by atoms with Crippen molar-refractivity contribution < 1.29 is 19.1 Å². The van der Waals surface area contributed by atoms with Gasteiger partial charge in [0, 0.05) is 42.7 Å². The van der Waals surface area contributed by atoms with Crippen LogP contribution in [0.4, 0.5) is 4.79 Å². The van der Waals surface area contributed by atoms with Crippen LogP contribution in [0.2, 0.25) is 0 Å². The van der Waals surface area contributed by atoms with E-state index in [2.05, 4.69) is 15.6 Å². The van der Waals surface area contributed by atoms with Crippen LogP contribution in [-0.2, 0) is 13.0 Å². The van der Waals surface area contributed by atoms with E-state index in [1.54, 1.807) is 45.8 Å². The lowest BCUT2D eigenvalue weighted by Gasteiger charge is -2.22. The summed E-state index contributed by atoms with van der Waals surface area (Å²) >= 11 is 0. The summed E-state index contributed by atoms with van der Waals surface area (Å²) in [6.07, 6.45) is 3.95. The van der Waals surface area contributed by atoms with Crippen LogP contribution in [0.1, 0.15) is 39.5 Å². The Bertz CT molecular complexity index is 1280. The average molecular weight is 488 g/mol. The van der Waals surface area contributed by atoms with Crippen LogP contribution >= 0.6 is 0 Å². The molecule has 0 spiro atoms. The lowest BCUT2D eigenvalue weighted by molar-refractivity contribution is 0.0951. The van der Waals surface area contributed by atoms with Gasteiger partial charge in [-0.15, -0.1) is 0 Å². The summed E-state index contributed by atoms with van der Waals surface area (Å²) in [5.74, 6) is 0.989. The smallest absolute Gasteiger partial charge is 0.337 e. The van der Waals surface area contributed by atoms with Gasteiger partial charge in [-0.1, -0.05) is 12.1 Å². The largest absolute Gasteiger partial charge is 0.493 e. The molecule has 1 aromatic heterocycles. The first kappa shape index (κ1) is 24.7. The van der Waals surface area contributed by atoms with Gasteiger partial charge in [0.05, 0.1) is 26.0 Å². The zero-order valence-corrected chi connectivity index (χ0v) is 20.7. The first-order chi connectivity index (χ1) is 17.4. The maximum absolute atomic E-state index is 12.7. The number of ether oxygens (including phenoxy) is 2. The first-order valence-corrected chi connectivity index (χ1v) is 11.6. The Morgan fingerprint density at radius 2 is 1.69 bits per heavy atom. The Morgan fingerprint density at radius 1 is 1.03 bits per heavy atom. The Kier molecular flexibility index (Phi) is 7.48. The van der Waals surface area contributed by atoms with Crippen molar-refractivity contribution in [3.8, 4) is 11.5 Å². The zero-order valence-electron chi connectivity index (χ0n) is 20.7. The molecular formula is C27H29N5O4. The SMILES string of the molecule is CNC(=O)N1N=C(c2ccc(C(=O)NCc3ccncc3)cc2)c2cc(OC)c(OC)cc2CC1C. The van der Waals surface area contributed by atoms with Crippen LogP contribution in [0.5, 0.6) is 11.5 Å². The van der Waals surface area contributed by atoms with Gasteiger partial charge in [-0.2, -0.15) is 5.10 Å². The summed E-state index contributed by atoms with van der Waals surface area (Å²) in [6, 6.07) is 14.2. The van der Waals surface area contributed by atoms with E-state index >= 15 is 0 Å². The molecular weight excluding hydrogens is 458 g/mol. The molecule has 3 amide bonds. The molecule has 2 N–H and O–H groups in total. The van der Waals surface area contributed by atoms with Crippen molar-refractivity contribution in [2.45, 2.75) is 25.9 Å². The molecule has 9 nitrogen and oxygen atoms in total. The highest BCUT2D eigenvalue weighted by Crippen LogP contribution is 2.34. The number of fused-ring (bicyclic) bond motifs is 1. The van der Waals surface area contributed by atoms with E-state index in [1.165, 1.54) is 5.01 Å². The van der Waals surface area contributed by atoms with Crippen molar-refractivity contribution in [3.05, 3.63) is 88.7 Å². The highest BCUT2D eigenvalue weighted by atomic mass is 16.5. The molecule has 0 aliphatic carbocycles. The summed E-state index contributed by atoms with van der Waals surface area (Å²) in [5.41, 5.74) is 4.66. The summed E-state index contributed by atoms with van der Waals surface area (Å²) < 4.78 is 11.0. The van der Waals surface area contributed by atoms with Crippen LogP contribution in [0.3, 0.4) is 0 Å². The number of carbonyl (C=O) groups excluding carboxylic acids is 2. The number of hydrazone groups is 1. The Labute approximate surface area is 210 Å². The van der Waals surface area contributed by atoms with Crippen LogP contribution < -0.4 is 20.1 Å². The van der Waals surface area contributed by atoms with Gasteiger partial charge >= 0.3 is 6.03 Å². The molecule has 0 fully saturated rings. The third kappa shape index (κ3) is 5.14. The second kappa shape index (κ2) is 10.9. The van der Waals surface area contributed by atoms with E-state index in [9.17, 15) is 9.59 Å². The van der Waals surface area contributed by atoms with Crippen molar-refractivity contribution in [3.63, 3.8) is 0 Å². The van der Waals surface area contributed by atoms with E-state index < -0.39 is 0 Å². The quantitative estimate of drug-likeness (QED) is 0.555. The van der Waals surface area contributed by atoms with Gasteiger partial charge in [-0.25, -0.2) is 9.80 Å². The van der Waals surface area contributed by atoms with Gasteiger partial charge in [0.1, 0.15) is 0 Å². The molecule has 2 aromatic carbocycles. The number of nitrogens with zero attached hydrogens (tertiary/aromatic N) is 3. The van der Waals surface area contributed by atoms with Crippen LogP contribution in [0, 0.1) is 0 Å². The van der Waals surface area contributed by atoms with Crippen LogP contribution in [0.15, 0.2) is 66.0 Å². The number of carbonyl (C=O) groups is 2. The third-order valence-corrected chi connectivity index (χ3v) is 6.05. The number of nitrogens with one attached hydrogen (secondary N) is 2. The highest BCUT2D eigenvalue weighted by Gasteiger charge is 2.28. The van der Waals surface area contributed by atoms with Crippen molar-refractivity contribution in [1.82, 2.24) is 20.6 Å². The monoisotopic (exact) mass is 487 g/mol. The van der Waals surface area contributed by atoms with Crippen LogP contribution in [0.25, 0.3) is 0 Å². The predicted octanol–water partition coefficient (Wildman–Crippen LogP) is 3.37. The lowest BCUT2D eigenvalue weighted by Crippen LogP contribution is -2.41. The zero-order chi connectivity index (χ0) is 25.7. The number of hydrogen-bond acceptors (Lipinski definition) is 6. The predicted molar refractivity (Wildman–Crippen MR) is 136 cm³/mol. The Morgan fingerprint density at radius 3 is 2.33 bits per heavy atom. The van der Waals surface area contributed by atoms with E-state index in [1.807, 2.05) is 43.3 Å². The minimum absolute atomic E-state index is 0.186. The fraction of sp³-hybridized carbons (Fsp3) is 0.259. The first-order valence-electron chi connectivity index (χ1n) is 11.6. The topological polar surface area (TPSA) is 105 Å². The molecule has 36 heavy (non-hydrogen) atoms. The number of amides is 3. The van der Waals surface area contributed by atoms with Crippen molar-refractivity contribution in [2.75, 3.05) is 21.3 Å². The van der Waals surface area contributed by atoms with E-state index in [4.69, 9.17) is 14.6 Å².